The number of likely N-dealkylation sites (tertiary alicyclic amines) is 1. The van der Waals surface area contributed by atoms with Gasteiger partial charge in [0, 0.05) is 18.9 Å². The van der Waals surface area contributed by atoms with E-state index in [1.807, 2.05) is 49.4 Å². The van der Waals surface area contributed by atoms with E-state index in [-0.39, 0.29) is 30.1 Å². The van der Waals surface area contributed by atoms with Gasteiger partial charge in [-0.3, -0.25) is 30.0 Å². The molecule has 0 aromatic heterocycles. The van der Waals surface area contributed by atoms with Gasteiger partial charge < -0.3 is 5.32 Å². The molecule has 1 aliphatic heterocycles. The van der Waals surface area contributed by atoms with Crippen molar-refractivity contribution in [2.75, 3.05) is 12.0 Å². The van der Waals surface area contributed by atoms with Crippen LogP contribution in [0.3, 0.4) is 0 Å². The number of imide groups is 1. The van der Waals surface area contributed by atoms with Crippen molar-refractivity contribution in [3.63, 3.8) is 0 Å². The maximum absolute atomic E-state index is 13.5. The molecule has 0 radical (unpaired) electrons. The van der Waals surface area contributed by atoms with Gasteiger partial charge in [0.05, 0.1) is 5.69 Å². The minimum absolute atomic E-state index is 0.0611. The smallest absolute Gasteiger partial charge is 0.243 e. The van der Waals surface area contributed by atoms with E-state index in [0.717, 1.165) is 36.8 Å². The minimum Gasteiger partial charge on any atom is -0.354 e. The third-order valence-electron chi connectivity index (χ3n) is 7.97. The molecule has 0 bridgehead atoms. The molecule has 3 N–H and O–H groups in total. The van der Waals surface area contributed by atoms with E-state index in [1.165, 1.54) is 11.3 Å². The van der Waals surface area contributed by atoms with Crippen LogP contribution in [0.15, 0.2) is 54.6 Å². The standard InChI is InChI=1S/C30H39N3O4/c1-21(24-12-14-26(32-37)15-13-24)18-25-20-28(34)33(30(25)36)27(19-23-10-6-3-7-11-23)29(35)31-17-16-22-8-4-2-5-9-22/h2,4-5,8-9,12-15,21,23,25,27,32,37H,3,6-7,10-11,16-20H2,1H3,(H,31,35)/t21?,25-,27+/m1/s1. The summed E-state index contributed by atoms with van der Waals surface area (Å²) in [6.07, 6.45) is 7.52. The molecule has 2 aliphatic rings. The van der Waals surface area contributed by atoms with Crippen LogP contribution < -0.4 is 10.8 Å². The number of anilines is 1. The quantitative estimate of drug-likeness (QED) is 0.293. The van der Waals surface area contributed by atoms with Crippen molar-refractivity contribution in [2.45, 2.75) is 76.7 Å². The summed E-state index contributed by atoms with van der Waals surface area (Å²) in [5.74, 6) is -0.680. The van der Waals surface area contributed by atoms with E-state index in [0.29, 0.717) is 37.4 Å². The van der Waals surface area contributed by atoms with E-state index < -0.39 is 12.0 Å². The minimum atomic E-state index is -0.742. The summed E-state index contributed by atoms with van der Waals surface area (Å²) < 4.78 is 0. The number of carbonyl (C=O) groups is 3. The zero-order valence-corrected chi connectivity index (χ0v) is 21.7. The van der Waals surface area contributed by atoms with Gasteiger partial charge in [0.25, 0.3) is 0 Å². The van der Waals surface area contributed by atoms with Crippen molar-refractivity contribution >= 4 is 23.4 Å². The molecule has 1 saturated heterocycles. The number of hydrogen-bond acceptors (Lipinski definition) is 5. The zero-order valence-electron chi connectivity index (χ0n) is 21.7. The zero-order chi connectivity index (χ0) is 26.2. The van der Waals surface area contributed by atoms with Crippen LogP contribution in [0.5, 0.6) is 0 Å². The number of carbonyl (C=O) groups excluding carboxylic acids is 3. The largest absolute Gasteiger partial charge is 0.354 e. The Morgan fingerprint density at radius 3 is 2.38 bits per heavy atom. The molecule has 4 rings (SSSR count). The third kappa shape index (κ3) is 6.98. The molecule has 37 heavy (non-hydrogen) atoms. The molecule has 2 aromatic rings. The summed E-state index contributed by atoms with van der Waals surface area (Å²) in [5.41, 5.74) is 4.89. The number of rotatable bonds is 11. The second kappa shape index (κ2) is 12.9. The van der Waals surface area contributed by atoms with Gasteiger partial charge in [-0.25, -0.2) is 0 Å². The first-order valence-corrected chi connectivity index (χ1v) is 13.6. The van der Waals surface area contributed by atoms with E-state index in [4.69, 9.17) is 5.21 Å². The van der Waals surface area contributed by atoms with Gasteiger partial charge in [-0.15, -0.1) is 0 Å². The molecule has 1 heterocycles. The first-order chi connectivity index (χ1) is 18.0. The lowest BCUT2D eigenvalue weighted by Gasteiger charge is -2.31. The molecule has 1 unspecified atom stereocenters. The Balaban J connectivity index is 1.43. The second-order valence-electron chi connectivity index (χ2n) is 10.7. The van der Waals surface area contributed by atoms with Gasteiger partial charge in [0.15, 0.2) is 0 Å². The average Bonchev–Trinajstić information content (AvgIpc) is 3.20. The molecular formula is C30H39N3O4. The van der Waals surface area contributed by atoms with Crippen LogP contribution in [0.1, 0.15) is 75.3 Å². The summed E-state index contributed by atoms with van der Waals surface area (Å²) in [5, 5.41) is 12.1. The lowest BCUT2D eigenvalue weighted by molar-refractivity contribution is -0.148. The lowest BCUT2D eigenvalue weighted by atomic mass is 9.84. The highest BCUT2D eigenvalue weighted by Gasteiger charge is 2.45. The summed E-state index contributed by atoms with van der Waals surface area (Å²) in [4.78, 5) is 41.4. The third-order valence-corrected chi connectivity index (χ3v) is 7.97. The highest BCUT2D eigenvalue weighted by molar-refractivity contribution is 6.07. The molecule has 3 amide bonds. The Kier molecular flexibility index (Phi) is 9.34. The molecule has 3 atom stereocenters. The van der Waals surface area contributed by atoms with E-state index in [9.17, 15) is 14.4 Å². The molecule has 2 fully saturated rings. The number of nitrogens with zero attached hydrogens (tertiary/aromatic N) is 1. The Morgan fingerprint density at radius 1 is 1.00 bits per heavy atom. The van der Waals surface area contributed by atoms with Crippen molar-refractivity contribution in [3.8, 4) is 0 Å². The second-order valence-corrected chi connectivity index (χ2v) is 10.7. The van der Waals surface area contributed by atoms with E-state index in [2.05, 4.69) is 10.8 Å². The van der Waals surface area contributed by atoms with Gasteiger partial charge in [0.1, 0.15) is 6.04 Å². The normalized spacial score (nSPS) is 20.1. The summed E-state index contributed by atoms with van der Waals surface area (Å²) in [7, 11) is 0. The average molecular weight is 506 g/mol. The van der Waals surface area contributed by atoms with Crippen LogP contribution in [0.4, 0.5) is 5.69 Å². The van der Waals surface area contributed by atoms with Crippen LogP contribution in [-0.4, -0.2) is 40.4 Å². The van der Waals surface area contributed by atoms with Crippen molar-refractivity contribution in [3.05, 3.63) is 65.7 Å². The Morgan fingerprint density at radius 2 is 1.70 bits per heavy atom. The maximum atomic E-state index is 13.5. The van der Waals surface area contributed by atoms with Crippen molar-refractivity contribution in [1.82, 2.24) is 10.2 Å². The van der Waals surface area contributed by atoms with Crippen LogP contribution in [0.2, 0.25) is 0 Å². The fraction of sp³-hybridized carbons (Fsp3) is 0.500. The van der Waals surface area contributed by atoms with Crippen molar-refractivity contribution in [2.24, 2.45) is 11.8 Å². The SMILES string of the molecule is CC(C[C@@H]1CC(=O)N([C@@H](CC2CCCCC2)C(=O)NCCc2ccccc2)C1=O)c1ccc(NO)cc1. The van der Waals surface area contributed by atoms with Gasteiger partial charge in [0.2, 0.25) is 17.7 Å². The summed E-state index contributed by atoms with van der Waals surface area (Å²) >= 11 is 0. The van der Waals surface area contributed by atoms with Crippen LogP contribution in [0, 0.1) is 11.8 Å². The number of amides is 3. The van der Waals surface area contributed by atoms with E-state index >= 15 is 0 Å². The Bertz CT molecular complexity index is 1050. The highest BCUT2D eigenvalue weighted by Crippen LogP contribution is 2.35. The Labute approximate surface area is 219 Å². The monoisotopic (exact) mass is 505 g/mol. The lowest BCUT2D eigenvalue weighted by Crippen LogP contribution is -2.51. The topological polar surface area (TPSA) is 98.7 Å². The molecule has 7 heteroatoms. The van der Waals surface area contributed by atoms with Crippen molar-refractivity contribution in [1.29, 1.82) is 0 Å². The molecule has 198 valence electrons. The van der Waals surface area contributed by atoms with Crippen molar-refractivity contribution < 1.29 is 19.6 Å². The van der Waals surface area contributed by atoms with Gasteiger partial charge >= 0.3 is 0 Å². The number of nitrogens with one attached hydrogen (secondary N) is 2. The first-order valence-electron chi connectivity index (χ1n) is 13.6. The fourth-order valence-electron chi connectivity index (χ4n) is 5.84. The van der Waals surface area contributed by atoms with Crippen LogP contribution >= 0.6 is 0 Å². The van der Waals surface area contributed by atoms with Gasteiger partial charge in [-0.2, -0.15) is 0 Å². The predicted octanol–water partition coefficient (Wildman–Crippen LogP) is 5.05. The summed E-state index contributed by atoms with van der Waals surface area (Å²) in [6.45, 7) is 2.51. The number of hydrogen-bond donors (Lipinski definition) is 3. The van der Waals surface area contributed by atoms with Crippen LogP contribution in [-0.2, 0) is 20.8 Å². The Hall–Kier alpha value is -3.19. The predicted molar refractivity (Wildman–Crippen MR) is 143 cm³/mol. The summed E-state index contributed by atoms with van der Waals surface area (Å²) in [6, 6.07) is 16.6. The molecule has 7 nitrogen and oxygen atoms in total. The highest BCUT2D eigenvalue weighted by atomic mass is 16.5. The first kappa shape index (κ1) is 26.9. The molecule has 1 aliphatic carbocycles. The van der Waals surface area contributed by atoms with E-state index in [1.54, 1.807) is 12.1 Å². The fourth-order valence-corrected chi connectivity index (χ4v) is 5.84. The van der Waals surface area contributed by atoms with Crippen LogP contribution in [0.25, 0.3) is 0 Å². The molecular weight excluding hydrogens is 466 g/mol. The van der Waals surface area contributed by atoms with Gasteiger partial charge in [-0.1, -0.05) is 81.5 Å². The maximum Gasteiger partial charge on any atom is 0.243 e. The van der Waals surface area contributed by atoms with Gasteiger partial charge in [-0.05, 0) is 54.4 Å². The molecule has 1 saturated carbocycles. The molecule has 2 aromatic carbocycles. The molecule has 0 spiro atoms. The number of benzene rings is 2.